The maximum absolute atomic E-state index is 11.1. The third kappa shape index (κ3) is 3.27. The second-order valence-corrected chi connectivity index (χ2v) is 5.25. The summed E-state index contributed by atoms with van der Waals surface area (Å²) in [4.78, 5) is 15.6. The summed E-state index contributed by atoms with van der Waals surface area (Å²) in [5.41, 5.74) is 8.01. The lowest BCUT2D eigenvalue weighted by Gasteiger charge is -2.26. The van der Waals surface area contributed by atoms with Crippen molar-refractivity contribution in [3.8, 4) is 0 Å². The van der Waals surface area contributed by atoms with Crippen molar-refractivity contribution in [2.75, 3.05) is 6.61 Å². The number of hydroxylamine groups is 1. The predicted molar refractivity (Wildman–Crippen MR) is 73.4 cm³/mol. The molecule has 1 fully saturated rings. The standard InChI is InChI=1S/C9H14ClN7O5/c1-8(10)5(20)9(3-18,16-17-12)22-6(8)14-7(15-21)13-4(19)2-11/h2,5-6,11,18,20-21H,3H2,1H3,(H2,13,14,15,19)/t5-,6+,8-,9+/m0/s1. The highest BCUT2D eigenvalue weighted by Gasteiger charge is 2.61. The van der Waals surface area contributed by atoms with Gasteiger partial charge in [-0.25, -0.2) is 10.5 Å². The highest BCUT2D eigenvalue weighted by Crippen LogP contribution is 2.44. The Hall–Kier alpha value is -1.95. The fourth-order valence-corrected chi connectivity index (χ4v) is 2.03. The molecule has 6 N–H and O–H groups in total. The highest BCUT2D eigenvalue weighted by atomic mass is 35.5. The zero-order valence-corrected chi connectivity index (χ0v) is 12.0. The van der Waals surface area contributed by atoms with Crippen molar-refractivity contribution in [3.63, 3.8) is 0 Å². The second kappa shape index (κ2) is 6.87. The van der Waals surface area contributed by atoms with Crippen LogP contribution in [0.4, 0.5) is 0 Å². The monoisotopic (exact) mass is 335 g/mol. The van der Waals surface area contributed by atoms with E-state index < -0.39 is 41.4 Å². The number of azide groups is 1. The molecule has 4 atom stereocenters. The number of nitrogens with zero attached hydrogens (tertiary/aromatic N) is 4. The smallest absolute Gasteiger partial charge is 0.268 e. The van der Waals surface area contributed by atoms with Crippen LogP contribution in [0, 0.1) is 5.41 Å². The van der Waals surface area contributed by atoms with Gasteiger partial charge in [-0.05, 0) is 12.5 Å². The van der Waals surface area contributed by atoms with E-state index in [1.165, 1.54) is 6.92 Å². The predicted octanol–water partition coefficient (Wildman–Crippen LogP) is -1.20. The van der Waals surface area contributed by atoms with Crippen LogP contribution in [0.15, 0.2) is 10.1 Å². The number of carbonyl (C=O) groups is 1. The normalized spacial score (nSPS) is 34.7. The molecule has 0 radical (unpaired) electrons. The molecule has 122 valence electrons. The van der Waals surface area contributed by atoms with Crippen molar-refractivity contribution in [2.45, 2.75) is 29.9 Å². The molecule has 0 saturated carbocycles. The average Bonchev–Trinajstić information content (AvgIpc) is 2.68. The molecule has 0 unspecified atom stereocenters. The van der Waals surface area contributed by atoms with E-state index in [0.29, 0.717) is 6.21 Å². The minimum Gasteiger partial charge on any atom is -0.393 e. The molecule has 1 aliphatic rings. The lowest BCUT2D eigenvalue weighted by Crippen LogP contribution is -2.48. The second-order valence-electron chi connectivity index (χ2n) is 4.44. The van der Waals surface area contributed by atoms with Gasteiger partial charge in [0.05, 0.1) is 12.8 Å². The van der Waals surface area contributed by atoms with E-state index in [9.17, 15) is 15.0 Å². The fourth-order valence-electron chi connectivity index (χ4n) is 1.77. The van der Waals surface area contributed by atoms with Gasteiger partial charge in [-0.3, -0.25) is 15.3 Å². The van der Waals surface area contributed by atoms with Crippen LogP contribution in [0.2, 0.25) is 0 Å². The number of aliphatic hydroxyl groups is 2. The number of alkyl halides is 1. The largest absolute Gasteiger partial charge is 0.393 e. The number of hydrogen-bond donors (Lipinski definition) is 6. The van der Waals surface area contributed by atoms with E-state index in [-0.39, 0.29) is 0 Å². The minimum atomic E-state index is -2.06. The molecule has 0 bridgehead atoms. The summed E-state index contributed by atoms with van der Waals surface area (Å²) < 4.78 is 5.21. The molecular formula is C9H14ClN7O5. The highest BCUT2D eigenvalue weighted by molar-refractivity contribution is 6.29. The molecular weight excluding hydrogens is 322 g/mol. The number of carbonyl (C=O) groups excluding carboxylic acids is 1. The van der Waals surface area contributed by atoms with Gasteiger partial charge in [-0.1, -0.05) is 5.11 Å². The summed E-state index contributed by atoms with van der Waals surface area (Å²) in [7, 11) is 0. The maximum atomic E-state index is 11.1. The van der Waals surface area contributed by atoms with Gasteiger partial charge >= 0.3 is 0 Å². The number of ether oxygens (including phenoxy) is 1. The quantitative estimate of drug-likeness (QED) is 0.0709. The first-order chi connectivity index (χ1) is 10.3. The van der Waals surface area contributed by atoms with Crippen LogP contribution < -0.4 is 10.8 Å². The van der Waals surface area contributed by atoms with Crippen LogP contribution in [0.1, 0.15) is 6.92 Å². The molecule has 1 saturated heterocycles. The maximum Gasteiger partial charge on any atom is 0.268 e. The minimum absolute atomic E-state index is 0.426. The summed E-state index contributed by atoms with van der Waals surface area (Å²) in [6, 6.07) is 0. The Bertz CT molecular complexity index is 534. The number of halogens is 1. The van der Waals surface area contributed by atoms with Crippen molar-refractivity contribution in [3.05, 3.63) is 10.4 Å². The lowest BCUT2D eigenvalue weighted by atomic mass is 9.97. The van der Waals surface area contributed by atoms with Gasteiger partial charge in [-0.15, -0.1) is 11.6 Å². The van der Waals surface area contributed by atoms with Gasteiger partial charge in [0.1, 0.15) is 11.0 Å². The molecule has 1 rings (SSSR count). The molecule has 12 nitrogen and oxygen atoms in total. The Morgan fingerprint density at radius 2 is 2.32 bits per heavy atom. The molecule has 0 spiro atoms. The summed E-state index contributed by atoms with van der Waals surface area (Å²) in [6.45, 7) is 0.423. The number of hydrogen-bond acceptors (Lipinski definition) is 8. The van der Waals surface area contributed by atoms with Crippen molar-refractivity contribution in [1.29, 1.82) is 5.41 Å². The van der Waals surface area contributed by atoms with E-state index in [4.69, 9.17) is 32.5 Å². The summed E-state index contributed by atoms with van der Waals surface area (Å²) in [6.07, 6.45) is -2.60. The molecule has 1 amide bonds. The van der Waals surface area contributed by atoms with E-state index in [1.807, 2.05) is 5.32 Å². The number of amides is 1. The van der Waals surface area contributed by atoms with Crippen LogP contribution in [-0.4, -0.2) is 63.0 Å². The molecule has 1 aliphatic heterocycles. The van der Waals surface area contributed by atoms with Crippen molar-refractivity contribution < 1.29 is 25.0 Å². The Labute approximate surface area is 128 Å². The molecule has 0 aromatic heterocycles. The average molecular weight is 336 g/mol. The first-order valence-corrected chi connectivity index (χ1v) is 6.16. The zero-order chi connectivity index (χ0) is 17.0. The summed E-state index contributed by atoms with van der Waals surface area (Å²) in [5, 5.41) is 40.3. The van der Waals surface area contributed by atoms with Gasteiger partial charge in [0, 0.05) is 4.91 Å². The van der Waals surface area contributed by atoms with Crippen molar-refractivity contribution in [1.82, 2.24) is 10.8 Å². The van der Waals surface area contributed by atoms with Gasteiger partial charge in [0.15, 0.2) is 12.0 Å². The molecule has 0 aromatic carbocycles. The third-order valence-electron chi connectivity index (χ3n) is 2.93. The topological polar surface area (TPSA) is 196 Å². The first kappa shape index (κ1) is 18.1. The van der Waals surface area contributed by atoms with E-state index in [2.05, 4.69) is 15.0 Å². The molecule has 1 heterocycles. The van der Waals surface area contributed by atoms with Crippen LogP contribution in [0.3, 0.4) is 0 Å². The number of aliphatic imine (C=N–C) groups is 1. The molecule has 22 heavy (non-hydrogen) atoms. The Morgan fingerprint density at radius 3 is 2.77 bits per heavy atom. The van der Waals surface area contributed by atoms with Gasteiger partial charge in [-0.2, -0.15) is 0 Å². The molecule has 13 heteroatoms. The number of rotatable bonds is 4. The SMILES string of the molecule is C[C@@]1(Cl)[C@H](N=C(NO)NC(=O)C=N)O[C@@](CO)(N=[N+]=[N-])[C@H]1O. The van der Waals surface area contributed by atoms with Crippen LogP contribution in [0.5, 0.6) is 0 Å². The van der Waals surface area contributed by atoms with E-state index in [1.54, 1.807) is 5.48 Å². The lowest BCUT2D eigenvalue weighted by molar-refractivity contribution is -0.113. The van der Waals surface area contributed by atoms with Crippen LogP contribution in [-0.2, 0) is 9.53 Å². The van der Waals surface area contributed by atoms with E-state index in [0.717, 1.165) is 0 Å². The number of nitrogens with one attached hydrogen (secondary N) is 3. The first-order valence-electron chi connectivity index (χ1n) is 5.78. The Balaban J connectivity index is 3.16. The van der Waals surface area contributed by atoms with Crippen molar-refractivity contribution in [2.24, 2.45) is 10.1 Å². The summed E-state index contributed by atoms with van der Waals surface area (Å²) in [5.74, 6) is -1.43. The molecule has 0 aliphatic carbocycles. The number of aliphatic hydroxyl groups excluding tert-OH is 2. The van der Waals surface area contributed by atoms with Gasteiger partial charge < -0.3 is 20.4 Å². The molecule has 0 aromatic rings. The van der Waals surface area contributed by atoms with Gasteiger partial charge in [0.2, 0.25) is 5.96 Å². The fraction of sp³-hybridized carbons (Fsp3) is 0.667. The van der Waals surface area contributed by atoms with Gasteiger partial charge in [0.25, 0.3) is 5.91 Å². The van der Waals surface area contributed by atoms with Crippen molar-refractivity contribution >= 4 is 29.7 Å². The number of guanidine groups is 1. The van der Waals surface area contributed by atoms with Crippen LogP contribution >= 0.6 is 11.6 Å². The Kier molecular flexibility index (Phi) is 5.65. The van der Waals surface area contributed by atoms with Crippen LogP contribution in [0.25, 0.3) is 10.4 Å². The van der Waals surface area contributed by atoms with E-state index >= 15 is 0 Å². The third-order valence-corrected chi connectivity index (χ3v) is 3.32. The summed E-state index contributed by atoms with van der Waals surface area (Å²) >= 11 is 6.11. The Morgan fingerprint density at radius 1 is 1.68 bits per heavy atom. The zero-order valence-electron chi connectivity index (χ0n) is 11.3.